The summed E-state index contributed by atoms with van der Waals surface area (Å²) >= 11 is 6.35. The van der Waals surface area contributed by atoms with Crippen molar-refractivity contribution in [3.8, 4) is 0 Å². The van der Waals surface area contributed by atoms with Gasteiger partial charge >= 0.3 is 97.4 Å². The Bertz CT molecular complexity index is 202. The Morgan fingerprint density at radius 1 is 1.80 bits per heavy atom. The first-order valence-electron chi connectivity index (χ1n) is 2.68. The molecule has 0 spiro atoms. The second-order valence-corrected chi connectivity index (χ2v) is 5.50. The fourth-order valence-corrected chi connectivity index (χ4v) is 2.70. The van der Waals surface area contributed by atoms with Crippen molar-refractivity contribution in [3.05, 3.63) is 8.06 Å². The van der Waals surface area contributed by atoms with Gasteiger partial charge in [0.2, 0.25) is 0 Å². The molecule has 0 bridgehead atoms. The third kappa shape index (κ3) is 1.88. The van der Waals surface area contributed by atoms with Gasteiger partial charge < -0.3 is 0 Å². The summed E-state index contributed by atoms with van der Waals surface area (Å²) in [7, 11) is 2.04. The van der Waals surface area contributed by atoms with Crippen molar-refractivity contribution in [2.24, 2.45) is 4.99 Å². The fraction of sp³-hybridized carbons (Fsp3) is 0.400. The van der Waals surface area contributed by atoms with Crippen molar-refractivity contribution >= 4 is 68.4 Å². The number of aliphatic imine (C=N–C) groups is 1. The van der Waals surface area contributed by atoms with Crippen LogP contribution in [-0.4, -0.2) is 39.2 Å². The molecule has 0 radical (unpaired) electrons. The summed E-state index contributed by atoms with van der Waals surface area (Å²) in [4.78, 5) is 6.33. The van der Waals surface area contributed by atoms with E-state index in [1.54, 1.807) is 16.9 Å². The van der Waals surface area contributed by atoms with Crippen LogP contribution in [0.3, 0.4) is 0 Å². The van der Waals surface area contributed by atoms with Crippen molar-refractivity contribution < 1.29 is 0 Å². The third-order valence-corrected chi connectivity index (χ3v) is 7.55. The molecular formula is C5H7AsI2N2. The van der Waals surface area contributed by atoms with Crippen LogP contribution in [0.1, 0.15) is 0 Å². The Hall–Kier alpha value is 1.23. The Labute approximate surface area is 96.3 Å². The molecular weight excluding hydrogens is 417 g/mol. The molecule has 5 heteroatoms. The van der Waals surface area contributed by atoms with E-state index in [0.717, 1.165) is 3.70 Å². The molecule has 0 fully saturated rings. The summed E-state index contributed by atoms with van der Waals surface area (Å²) < 4.78 is 3.05. The Morgan fingerprint density at radius 2 is 2.40 bits per heavy atom. The Balaban J connectivity index is 2.88. The maximum absolute atomic E-state index is 4.22. The minimum atomic E-state index is 0.502. The van der Waals surface area contributed by atoms with E-state index in [1.807, 2.05) is 13.4 Å². The quantitative estimate of drug-likeness (QED) is 0.245. The summed E-state index contributed by atoms with van der Waals surface area (Å²) in [6.07, 6.45) is 1.88. The van der Waals surface area contributed by atoms with Crippen LogP contribution in [0.5, 0.6) is 0 Å². The number of likely N-dealkylation sites (N-methyl/N-ethyl adjacent to an activating group) is 1. The van der Waals surface area contributed by atoms with Crippen LogP contribution in [-0.2, 0) is 0 Å². The summed E-state index contributed by atoms with van der Waals surface area (Å²) in [6.45, 7) is 0. The monoisotopic (exact) mass is 424 g/mol. The summed E-state index contributed by atoms with van der Waals surface area (Å²) in [5.41, 5.74) is 0. The number of nitrogens with zero attached hydrogens (tertiary/aromatic N) is 2. The molecule has 1 heterocycles. The van der Waals surface area contributed by atoms with Crippen LogP contribution in [0.2, 0.25) is 0 Å². The molecule has 1 aliphatic heterocycles. The number of halogens is 2. The van der Waals surface area contributed by atoms with Gasteiger partial charge in [-0.05, 0) is 0 Å². The van der Waals surface area contributed by atoms with Crippen LogP contribution < -0.4 is 0 Å². The molecule has 0 amide bonds. The molecule has 0 aromatic carbocycles. The zero-order chi connectivity index (χ0) is 7.72. The number of hydrogen-bond donors (Lipinski definition) is 0. The summed E-state index contributed by atoms with van der Waals surface area (Å²) in [6, 6.07) is 0. The summed E-state index contributed by atoms with van der Waals surface area (Å²) in [5.74, 6) is 0. The molecule has 1 aliphatic rings. The first-order valence-corrected chi connectivity index (χ1v) is 6.22. The van der Waals surface area contributed by atoms with Crippen LogP contribution in [0.4, 0.5) is 0 Å². The predicted molar refractivity (Wildman–Crippen MR) is 63.7 cm³/mol. The number of rotatable bonds is 0. The van der Waals surface area contributed by atoms with E-state index >= 15 is 0 Å². The second kappa shape index (κ2) is 3.76. The molecule has 0 aromatic rings. The van der Waals surface area contributed by atoms with Gasteiger partial charge in [0.1, 0.15) is 0 Å². The van der Waals surface area contributed by atoms with Gasteiger partial charge in [-0.2, -0.15) is 0 Å². The zero-order valence-electron chi connectivity index (χ0n) is 5.38. The molecule has 10 heavy (non-hydrogen) atoms. The van der Waals surface area contributed by atoms with Gasteiger partial charge in [0, 0.05) is 0 Å². The molecule has 0 saturated heterocycles. The molecule has 0 saturated carbocycles. The maximum atomic E-state index is 4.22. The van der Waals surface area contributed by atoms with Gasteiger partial charge in [0.05, 0.1) is 0 Å². The van der Waals surface area contributed by atoms with Crippen molar-refractivity contribution in [1.82, 2.24) is 4.90 Å². The van der Waals surface area contributed by atoms with Gasteiger partial charge in [0.25, 0.3) is 0 Å². The fourth-order valence-electron chi connectivity index (χ4n) is 0.592. The van der Waals surface area contributed by atoms with Crippen LogP contribution >= 0.6 is 45.2 Å². The second-order valence-electron chi connectivity index (χ2n) is 1.99. The first-order chi connectivity index (χ1) is 4.63. The van der Waals surface area contributed by atoms with E-state index in [-0.39, 0.29) is 0 Å². The predicted octanol–water partition coefficient (Wildman–Crippen LogP) is 0.958. The molecule has 0 aromatic heterocycles. The van der Waals surface area contributed by atoms with E-state index < -0.39 is 0 Å². The molecule has 2 atom stereocenters. The van der Waals surface area contributed by atoms with Crippen LogP contribution in [0.25, 0.3) is 0 Å². The van der Waals surface area contributed by atoms with Gasteiger partial charge in [-0.1, -0.05) is 0 Å². The molecule has 2 unspecified atom stereocenters. The molecule has 0 N–H and O–H groups in total. The third-order valence-electron chi connectivity index (χ3n) is 1.21. The first kappa shape index (κ1) is 9.32. The van der Waals surface area contributed by atoms with Gasteiger partial charge in [-0.25, -0.2) is 0 Å². The summed E-state index contributed by atoms with van der Waals surface area (Å²) in [5, 5.41) is 0. The van der Waals surface area contributed by atoms with Crippen molar-refractivity contribution in [2.75, 3.05) is 7.05 Å². The number of hydrogen-bond acceptors (Lipinski definition) is 2. The van der Waals surface area contributed by atoms with Gasteiger partial charge in [0.15, 0.2) is 0 Å². The van der Waals surface area contributed by atoms with Crippen LogP contribution in [0, 0.1) is 0 Å². The van der Waals surface area contributed by atoms with Crippen molar-refractivity contribution in [3.63, 3.8) is 0 Å². The van der Waals surface area contributed by atoms with Gasteiger partial charge in [-0.3, -0.25) is 0 Å². The Kier molecular flexibility index (Phi) is 3.50. The SMILES string of the molecule is CN1C=NC(I)=C([AsH2])C1I. The molecule has 56 valence electrons. The molecule has 0 aliphatic carbocycles. The molecule has 1 rings (SSSR count). The van der Waals surface area contributed by atoms with Crippen molar-refractivity contribution in [2.45, 2.75) is 4.05 Å². The van der Waals surface area contributed by atoms with Crippen LogP contribution in [0.15, 0.2) is 13.1 Å². The minimum absolute atomic E-state index is 0.502. The average molecular weight is 424 g/mol. The van der Waals surface area contributed by atoms with Crippen molar-refractivity contribution in [1.29, 1.82) is 0 Å². The van der Waals surface area contributed by atoms with Gasteiger partial charge in [-0.15, -0.1) is 0 Å². The Morgan fingerprint density at radius 3 is 2.90 bits per heavy atom. The van der Waals surface area contributed by atoms with E-state index in [0.29, 0.717) is 4.05 Å². The topological polar surface area (TPSA) is 15.6 Å². The van der Waals surface area contributed by atoms with E-state index in [1.165, 1.54) is 4.36 Å². The van der Waals surface area contributed by atoms with E-state index in [2.05, 4.69) is 55.1 Å². The molecule has 2 nitrogen and oxygen atoms in total. The van der Waals surface area contributed by atoms with E-state index in [4.69, 9.17) is 0 Å². The number of alkyl halides is 1. The van der Waals surface area contributed by atoms with E-state index in [9.17, 15) is 0 Å². The average Bonchev–Trinajstić information content (AvgIpc) is 1.93. The zero-order valence-corrected chi connectivity index (χ0v) is 12.1. The normalized spacial score (nSPS) is 26.0. The standard InChI is InChI=1S/C5H7AsI2N2/c1-10-2-9-4(7)3(6)5(10)8/h2,5H,6H2,1H3.